The topological polar surface area (TPSA) is 55.8 Å². The zero-order valence-corrected chi connectivity index (χ0v) is 9.78. The van der Waals surface area contributed by atoms with Crippen molar-refractivity contribution in [2.75, 3.05) is 27.3 Å². The second-order valence-electron chi connectivity index (χ2n) is 3.47. The summed E-state index contributed by atoms with van der Waals surface area (Å²) in [6.45, 7) is 4.62. The highest BCUT2D eigenvalue weighted by molar-refractivity contribution is 5.72. The number of carbonyl (C=O) groups excluding carboxylic acids is 2. The molecular formula is C10H19NO4. The predicted octanol–water partition coefficient (Wildman–Crippen LogP) is 0.433. The summed E-state index contributed by atoms with van der Waals surface area (Å²) in [5, 5.41) is 0. The minimum atomic E-state index is -0.298. The van der Waals surface area contributed by atoms with Crippen LogP contribution in [0.25, 0.3) is 0 Å². The maximum Gasteiger partial charge on any atom is 0.319 e. The molecule has 0 spiro atoms. The Hall–Kier alpha value is -1.10. The second kappa shape index (κ2) is 7.23. The van der Waals surface area contributed by atoms with E-state index in [9.17, 15) is 9.59 Å². The number of carbonyl (C=O) groups is 2. The van der Waals surface area contributed by atoms with Crippen LogP contribution in [0.2, 0.25) is 0 Å². The van der Waals surface area contributed by atoms with Crippen molar-refractivity contribution in [1.29, 1.82) is 0 Å². The fraction of sp³-hybridized carbons (Fsp3) is 0.800. The molecule has 0 saturated carbocycles. The lowest BCUT2D eigenvalue weighted by Crippen LogP contribution is -2.37. The summed E-state index contributed by atoms with van der Waals surface area (Å²) in [7, 11) is 2.70. The van der Waals surface area contributed by atoms with E-state index in [1.807, 2.05) is 18.7 Å². The van der Waals surface area contributed by atoms with Gasteiger partial charge in [0.15, 0.2) is 0 Å². The number of methoxy groups -OCH3 is 2. The molecule has 0 aliphatic heterocycles. The summed E-state index contributed by atoms with van der Waals surface area (Å²) >= 11 is 0. The summed E-state index contributed by atoms with van der Waals surface area (Å²) in [4.78, 5) is 23.9. The van der Waals surface area contributed by atoms with Crippen molar-refractivity contribution in [3.63, 3.8) is 0 Å². The number of esters is 2. The summed E-state index contributed by atoms with van der Waals surface area (Å²) in [5.74, 6) is -0.570. The molecule has 0 amide bonds. The Morgan fingerprint density at radius 2 is 1.67 bits per heavy atom. The molecule has 0 aromatic heterocycles. The van der Waals surface area contributed by atoms with Gasteiger partial charge >= 0.3 is 11.9 Å². The average Bonchev–Trinajstić information content (AvgIpc) is 2.22. The Morgan fingerprint density at radius 3 is 2.07 bits per heavy atom. The van der Waals surface area contributed by atoms with Crippen LogP contribution in [-0.4, -0.2) is 50.2 Å². The molecule has 0 fully saturated rings. The van der Waals surface area contributed by atoms with Crippen LogP contribution in [0.3, 0.4) is 0 Å². The molecule has 0 radical (unpaired) electrons. The van der Waals surface area contributed by atoms with Gasteiger partial charge in [-0.1, -0.05) is 0 Å². The zero-order chi connectivity index (χ0) is 11.8. The highest BCUT2D eigenvalue weighted by Crippen LogP contribution is 2.00. The van der Waals surface area contributed by atoms with E-state index in [1.165, 1.54) is 14.2 Å². The molecule has 0 aliphatic rings. The molecule has 0 aliphatic carbocycles. The Labute approximate surface area is 90.3 Å². The van der Waals surface area contributed by atoms with Gasteiger partial charge in [-0.2, -0.15) is 0 Å². The second-order valence-corrected chi connectivity index (χ2v) is 3.47. The lowest BCUT2D eigenvalue weighted by atomic mass is 10.3. The van der Waals surface area contributed by atoms with E-state index in [0.29, 0.717) is 6.54 Å². The van der Waals surface area contributed by atoms with Crippen LogP contribution in [0.15, 0.2) is 0 Å². The molecule has 0 aromatic rings. The zero-order valence-electron chi connectivity index (χ0n) is 9.78. The Bertz CT molecular complexity index is 215. The molecule has 88 valence electrons. The third kappa shape index (κ3) is 6.06. The van der Waals surface area contributed by atoms with Gasteiger partial charge in [0.2, 0.25) is 0 Å². The molecule has 0 aromatic carbocycles. The standard InChI is InChI=1S/C10H19NO4/c1-8(2)11(7-10(13)15-4)6-5-9(12)14-3/h8H,5-7H2,1-4H3. The fourth-order valence-corrected chi connectivity index (χ4v) is 1.09. The molecule has 0 N–H and O–H groups in total. The monoisotopic (exact) mass is 217 g/mol. The summed E-state index contributed by atoms with van der Waals surface area (Å²) in [5.41, 5.74) is 0. The van der Waals surface area contributed by atoms with Gasteiger partial charge in [0.1, 0.15) is 0 Å². The first-order valence-corrected chi connectivity index (χ1v) is 4.89. The van der Waals surface area contributed by atoms with Crippen LogP contribution in [0.5, 0.6) is 0 Å². The van der Waals surface area contributed by atoms with Crippen LogP contribution in [0, 0.1) is 0 Å². The molecule has 0 unspecified atom stereocenters. The van der Waals surface area contributed by atoms with E-state index in [0.717, 1.165) is 0 Å². The van der Waals surface area contributed by atoms with Gasteiger partial charge < -0.3 is 9.47 Å². The highest BCUT2D eigenvalue weighted by Gasteiger charge is 2.15. The Balaban J connectivity index is 4.05. The molecule has 5 heteroatoms. The third-order valence-electron chi connectivity index (χ3n) is 2.12. The summed E-state index contributed by atoms with van der Waals surface area (Å²) < 4.78 is 9.10. The summed E-state index contributed by atoms with van der Waals surface area (Å²) in [6, 6.07) is 0.189. The molecular weight excluding hydrogens is 198 g/mol. The van der Waals surface area contributed by atoms with Gasteiger partial charge in [0.05, 0.1) is 27.2 Å². The lowest BCUT2D eigenvalue weighted by molar-refractivity contribution is -0.145. The van der Waals surface area contributed by atoms with Crippen molar-refractivity contribution in [1.82, 2.24) is 4.90 Å². The first kappa shape index (κ1) is 13.9. The van der Waals surface area contributed by atoms with Crippen molar-refractivity contribution in [2.45, 2.75) is 26.3 Å². The maximum atomic E-state index is 11.1. The van der Waals surface area contributed by atoms with Gasteiger partial charge in [0.25, 0.3) is 0 Å². The van der Waals surface area contributed by atoms with E-state index in [4.69, 9.17) is 0 Å². The van der Waals surface area contributed by atoms with Gasteiger partial charge in [-0.05, 0) is 13.8 Å². The molecule has 0 heterocycles. The van der Waals surface area contributed by atoms with Gasteiger partial charge in [-0.15, -0.1) is 0 Å². The number of hydrogen-bond acceptors (Lipinski definition) is 5. The van der Waals surface area contributed by atoms with Crippen molar-refractivity contribution in [2.24, 2.45) is 0 Å². The van der Waals surface area contributed by atoms with Crippen molar-refractivity contribution in [3.8, 4) is 0 Å². The number of nitrogens with zero attached hydrogens (tertiary/aromatic N) is 1. The normalized spacial score (nSPS) is 10.5. The number of hydrogen-bond donors (Lipinski definition) is 0. The fourth-order valence-electron chi connectivity index (χ4n) is 1.09. The smallest absolute Gasteiger partial charge is 0.319 e. The molecule has 0 rings (SSSR count). The van der Waals surface area contributed by atoms with E-state index < -0.39 is 0 Å². The number of rotatable bonds is 6. The predicted molar refractivity (Wildman–Crippen MR) is 55.4 cm³/mol. The molecule has 5 nitrogen and oxygen atoms in total. The van der Waals surface area contributed by atoms with Crippen molar-refractivity contribution >= 4 is 11.9 Å². The van der Waals surface area contributed by atoms with Crippen LogP contribution in [0.1, 0.15) is 20.3 Å². The first-order valence-electron chi connectivity index (χ1n) is 4.89. The minimum Gasteiger partial charge on any atom is -0.469 e. The van der Waals surface area contributed by atoms with Crippen molar-refractivity contribution < 1.29 is 19.1 Å². The summed E-state index contributed by atoms with van der Waals surface area (Å²) in [6.07, 6.45) is 0.283. The van der Waals surface area contributed by atoms with Crippen LogP contribution < -0.4 is 0 Å². The average molecular weight is 217 g/mol. The van der Waals surface area contributed by atoms with E-state index >= 15 is 0 Å². The van der Waals surface area contributed by atoms with Crippen LogP contribution in [0.4, 0.5) is 0 Å². The third-order valence-corrected chi connectivity index (χ3v) is 2.12. The quantitative estimate of drug-likeness (QED) is 0.604. The van der Waals surface area contributed by atoms with Crippen LogP contribution >= 0.6 is 0 Å². The molecule has 0 saturated heterocycles. The minimum absolute atomic E-state index is 0.189. The van der Waals surface area contributed by atoms with Gasteiger partial charge in [-0.3, -0.25) is 14.5 Å². The van der Waals surface area contributed by atoms with Gasteiger partial charge in [-0.25, -0.2) is 0 Å². The van der Waals surface area contributed by atoms with E-state index in [1.54, 1.807) is 0 Å². The van der Waals surface area contributed by atoms with Crippen molar-refractivity contribution in [3.05, 3.63) is 0 Å². The lowest BCUT2D eigenvalue weighted by Gasteiger charge is -2.24. The highest BCUT2D eigenvalue weighted by atomic mass is 16.5. The largest absolute Gasteiger partial charge is 0.469 e. The Morgan fingerprint density at radius 1 is 1.13 bits per heavy atom. The Kier molecular flexibility index (Phi) is 6.70. The molecule has 15 heavy (non-hydrogen) atoms. The maximum absolute atomic E-state index is 11.1. The first-order chi connectivity index (χ1) is 7.01. The van der Waals surface area contributed by atoms with E-state index in [-0.39, 0.29) is 30.9 Å². The molecule has 0 bridgehead atoms. The number of ether oxygens (including phenoxy) is 2. The SMILES string of the molecule is COC(=O)CCN(CC(=O)OC)C(C)C. The van der Waals surface area contributed by atoms with Crippen LogP contribution in [-0.2, 0) is 19.1 Å². The van der Waals surface area contributed by atoms with Gasteiger partial charge in [0, 0.05) is 12.6 Å². The van der Waals surface area contributed by atoms with E-state index in [2.05, 4.69) is 9.47 Å². The molecule has 0 atom stereocenters.